The van der Waals surface area contributed by atoms with Gasteiger partial charge < -0.3 is 4.74 Å². The number of sulfonamides is 2. The van der Waals surface area contributed by atoms with E-state index in [0.717, 1.165) is 18.9 Å². The quantitative estimate of drug-likeness (QED) is 0.304. The van der Waals surface area contributed by atoms with Crippen molar-refractivity contribution in [2.75, 3.05) is 29.1 Å². The fourth-order valence-electron chi connectivity index (χ4n) is 3.93. The van der Waals surface area contributed by atoms with Gasteiger partial charge >= 0.3 is 0 Å². The van der Waals surface area contributed by atoms with Crippen molar-refractivity contribution in [2.24, 2.45) is 0 Å². The minimum atomic E-state index is -4.42. The lowest BCUT2D eigenvalue weighted by Crippen LogP contribution is -2.36. The Morgan fingerprint density at radius 2 is 1.89 bits per heavy atom. The zero-order valence-electron chi connectivity index (χ0n) is 19.6. The Bertz CT molecular complexity index is 1480. The van der Waals surface area contributed by atoms with E-state index in [2.05, 4.69) is 15.1 Å². The summed E-state index contributed by atoms with van der Waals surface area (Å²) in [4.78, 5) is 8.66. The summed E-state index contributed by atoms with van der Waals surface area (Å²) in [5.74, 6) is -1.12. The average molecular weight is 576 g/mol. The first-order chi connectivity index (χ1) is 16.9. The van der Waals surface area contributed by atoms with Crippen molar-refractivity contribution in [3.63, 3.8) is 0 Å². The average Bonchev–Trinajstić information content (AvgIpc) is 3.25. The van der Waals surface area contributed by atoms with Crippen LogP contribution in [0.5, 0.6) is 0 Å². The van der Waals surface area contributed by atoms with Crippen molar-refractivity contribution < 1.29 is 26.0 Å². The molecule has 0 N–H and O–H groups in total. The third kappa shape index (κ3) is 5.52. The van der Waals surface area contributed by atoms with E-state index in [0.29, 0.717) is 42.0 Å². The first kappa shape index (κ1) is 26.8. The first-order valence-electron chi connectivity index (χ1n) is 10.7. The fraction of sp³-hybridized carbons (Fsp3) is 0.381. The lowest BCUT2D eigenvalue weighted by molar-refractivity contribution is -0.0393. The summed E-state index contributed by atoms with van der Waals surface area (Å²) < 4.78 is 72.8. The Labute approximate surface area is 217 Å². The summed E-state index contributed by atoms with van der Waals surface area (Å²) >= 11 is 7.57. The normalized spacial score (nSPS) is 16.8. The second-order valence-corrected chi connectivity index (χ2v) is 13.2. The summed E-state index contributed by atoms with van der Waals surface area (Å²) in [6.45, 7) is 0.548. The summed E-state index contributed by atoms with van der Waals surface area (Å²) in [6.07, 6.45) is 8.51. The molecule has 2 aromatic heterocycles. The molecule has 1 saturated heterocycles. The molecular weight excluding hydrogens is 553 g/mol. The number of nitrogens with zero attached hydrogens (tertiary/aromatic N) is 5. The maximum absolute atomic E-state index is 16.0. The summed E-state index contributed by atoms with van der Waals surface area (Å²) in [5.41, 5.74) is 0.0286. The standard InChI is InChI=1S/C21H23ClFN5O5S3/c1-34-21-24-8-7-16(25-21)15-12-27(18-6-4-5-9-33-18)26-20(15)14-10-13(22)11-17(19(14)23)28(35(2,29)30)36(3,31)32/h7-8,10-12,18H,4-6,9H2,1-3H3. The Kier molecular flexibility index (Phi) is 7.62. The molecule has 3 aromatic rings. The van der Waals surface area contributed by atoms with E-state index in [4.69, 9.17) is 16.3 Å². The Morgan fingerprint density at radius 3 is 2.50 bits per heavy atom. The van der Waals surface area contributed by atoms with E-state index in [1.54, 1.807) is 23.1 Å². The van der Waals surface area contributed by atoms with Gasteiger partial charge in [-0.1, -0.05) is 23.4 Å². The van der Waals surface area contributed by atoms with Crippen LogP contribution >= 0.6 is 23.4 Å². The number of anilines is 1. The van der Waals surface area contributed by atoms with Gasteiger partial charge in [-0.2, -0.15) is 8.81 Å². The van der Waals surface area contributed by atoms with Gasteiger partial charge in [0.2, 0.25) is 20.0 Å². The van der Waals surface area contributed by atoms with Crippen LogP contribution < -0.4 is 3.71 Å². The molecule has 1 aliphatic heterocycles. The lowest BCUT2D eigenvalue weighted by atomic mass is 10.0. The van der Waals surface area contributed by atoms with Crippen LogP contribution in [0.4, 0.5) is 10.1 Å². The fourth-order valence-corrected chi connectivity index (χ4v) is 7.45. The molecule has 10 nitrogen and oxygen atoms in total. The van der Waals surface area contributed by atoms with Crippen molar-refractivity contribution in [1.82, 2.24) is 19.7 Å². The molecule has 0 radical (unpaired) electrons. The molecular formula is C21H23ClFN5O5S3. The zero-order valence-corrected chi connectivity index (χ0v) is 22.8. The van der Waals surface area contributed by atoms with Crippen LogP contribution in [-0.4, -0.2) is 62.0 Å². The van der Waals surface area contributed by atoms with E-state index in [-0.39, 0.29) is 20.0 Å². The Balaban J connectivity index is 1.98. The summed E-state index contributed by atoms with van der Waals surface area (Å²) in [7, 11) is -8.84. The van der Waals surface area contributed by atoms with Gasteiger partial charge in [0, 0.05) is 35.2 Å². The monoisotopic (exact) mass is 575 g/mol. The second kappa shape index (κ2) is 10.2. The summed E-state index contributed by atoms with van der Waals surface area (Å²) in [6, 6.07) is 3.84. The van der Waals surface area contributed by atoms with Gasteiger partial charge in [0.15, 0.2) is 11.0 Å². The molecule has 0 saturated carbocycles. The largest absolute Gasteiger partial charge is 0.357 e. The third-order valence-corrected chi connectivity index (χ3v) is 9.35. The molecule has 1 aromatic carbocycles. The van der Waals surface area contributed by atoms with Crippen LogP contribution in [0.15, 0.2) is 35.7 Å². The van der Waals surface area contributed by atoms with Gasteiger partial charge in [-0.15, -0.1) is 0 Å². The molecule has 194 valence electrons. The number of rotatable bonds is 7. The number of hydrogen-bond donors (Lipinski definition) is 0. The molecule has 1 atom stereocenters. The molecule has 4 rings (SSSR count). The Hall–Kier alpha value is -2.26. The van der Waals surface area contributed by atoms with Gasteiger partial charge in [-0.25, -0.2) is 35.9 Å². The predicted molar refractivity (Wildman–Crippen MR) is 136 cm³/mol. The first-order valence-corrected chi connectivity index (χ1v) is 16.0. The molecule has 3 heterocycles. The number of ether oxygens (including phenoxy) is 1. The number of benzene rings is 1. The molecule has 1 aliphatic rings. The van der Waals surface area contributed by atoms with Crippen molar-refractivity contribution in [3.05, 3.63) is 41.4 Å². The lowest BCUT2D eigenvalue weighted by Gasteiger charge is -2.22. The van der Waals surface area contributed by atoms with Crippen LogP contribution in [0.3, 0.4) is 0 Å². The minimum absolute atomic E-state index is 0.0160. The minimum Gasteiger partial charge on any atom is -0.357 e. The van der Waals surface area contributed by atoms with Gasteiger partial charge in [-0.3, -0.25) is 0 Å². The van der Waals surface area contributed by atoms with Gasteiger partial charge in [0.25, 0.3) is 0 Å². The molecule has 1 unspecified atom stereocenters. The SMILES string of the molecule is CSc1nccc(-c2cn(C3CCCCO3)nc2-c2cc(Cl)cc(N(S(C)(=O)=O)S(C)(=O)=O)c2F)n1. The highest BCUT2D eigenvalue weighted by molar-refractivity contribution is 8.09. The van der Waals surface area contributed by atoms with Crippen molar-refractivity contribution in [2.45, 2.75) is 30.6 Å². The smallest absolute Gasteiger partial charge is 0.245 e. The van der Waals surface area contributed by atoms with Crippen LogP contribution in [-0.2, 0) is 24.8 Å². The third-order valence-electron chi connectivity index (χ3n) is 5.35. The molecule has 0 spiro atoms. The Morgan fingerprint density at radius 1 is 1.17 bits per heavy atom. The number of halogens is 2. The highest BCUT2D eigenvalue weighted by Crippen LogP contribution is 2.40. The molecule has 0 aliphatic carbocycles. The summed E-state index contributed by atoms with van der Waals surface area (Å²) in [5, 5.41) is 4.97. The molecule has 0 bridgehead atoms. The molecule has 0 amide bonds. The van der Waals surface area contributed by atoms with Crippen molar-refractivity contribution in [3.8, 4) is 22.5 Å². The van der Waals surface area contributed by atoms with E-state index < -0.39 is 37.8 Å². The number of hydrogen-bond acceptors (Lipinski definition) is 9. The van der Waals surface area contributed by atoms with Crippen LogP contribution in [0.25, 0.3) is 22.5 Å². The van der Waals surface area contributed by atoms with E-state index in [9.17, 15) is 16.8 Å². The molecule has 1 fully saturated rings. The van der Waals surface area contributed by atoms with E-state index in [1.165, 1.54) is 17.8 Å². The maximum Gasteiger partial charge on any atom is 0.245 e. The van der Waals surface area contributed by atoms with Gasteiger partial charge in [0.05, 0.1) is 18.2 Å². The number of thioether (sulfide) groups is 1. The topological polar surface area (TPSA) is 124 Å². The van der Waals surface area contributed by atoms with Crippen molar-refractivity contribution in [1.29, 1.82) is 0 Å². The van der Waals surface area contributed by atoms with Crippen LogP contribution in [0.2, 0.25) is 5.02 Å². The van der Waals surface area contributed by atoms with Gasteiger partial charge in [0.1, 0.15) is 17.6 Å². The van der Waals surface area contributed by atoms with Crippen LogP contribution in [0, 0.1) is 5.82 Å². The molecule has 36 heavy (non-hydrogen) atoms. The van der Waals surface area contributed by atoms with E-state index >= 15 is 4.39 Å². The highest BCUT2D eigenvalue weighted by atomic mass is 35.5. The second-order valence-electron chi connectivity index (χ2n) is 8.13. The number of aromatic nitrogens is 4. The maximum atomic E-state index is 16.0. The van der Waals surface area contributed by atoms with E-state index in [1.807, 2.05) is 6.26 Å². The zero-order chi connectivity index (χ0) is 26.3. The highest BCUT2D eigenvalue weighted by Gasteiger charge is 2.33. The predicted octanol–water partition coefficient (Wildman–Crippen LogP) is 3.95. The van der Waals surface area contributed by atoms with Crippen molar-refractivity contribution >= 4 is 49.1 Å². The van der Waals surface area contributed by atoms with Crippen LogP contribution in [0.1, 0.15) is 25.5 Å². The molecule has 15 heteroatoms. The van der Waals surface area contributed by atoms with Gasteiger partial charge in [-0.05, 0) is 43.7 Å².